The van der Waals surface area contributed by atoms with E-state index in [2.05, 4.69) is 67.8 Å². The Morgan fingerprint density at radius 2 is 0.667 bits per heavy atom. The zero-order valence-corrected chi connectivity index (χ0v) is 44.7. The number of nitrogens with one attached hydrogen (secondary N) is 1. The molecule has 0 radical (unpaired) electrons. The molecule has 2 unspecified atom stereocenters. The number of carbonyl (C=O) groups excluding carboxylic acids is 1. The number of allylic oxidation sites excluding steroid dienone is 8. The summed E-state index contributed by atoms with van der Waals surface area (Å²) in [6.45, 7) is 4.28. The quantitative estimate of drug-likeness (QED) is 0.0420. The maximum atomic E-state index is 12.5. The minimum absolute atomic E-state index is 0.0304. The van der Waals surface area contributed by atoms with Crippen LogP contribution in [0.15, 0.2) is 48.6 Å². The van der Waals surface area contributed by atoms with E-state index in [0.29, 0.717) is 12.8 Å². The van der Waals surface area contributed by atoms with Gasteiger partial charge in [0.25, 0.3) is 0 Å². The van der Waals surface area contributed by atoms with Crippen LogP contribution < -0.4 is 5.32 Å². The fourth-order valence-electron chi connectivity index (χ4n) is 9.36. The largest absolute Gasteiger partial charge is 0.394 e. The molecule has 66 heavy (non-hydrogen) atoms. The Morgan fingerprint density at radius 3 is 1.00 bits per heavy atom. The van der Waals surface area contributed by atoms with Crippen LogP contribution >= 0.6 is 0 Å². The van der Waals surface area contributed by atoms with Gasteiger partial charge in [-0.2, -0.15) is 0 Å². The molecule has 0 aliphatic rings. The van der Waals surface area contributed by atoms with E-state index in [1.165, 1.54) is 244 Å². The van der Waals surface area contributed by atoms with Crippen LogP contribution in [-0.4, -0.2) is 34.9 Å². The predicted molar refractivity (Wildman–Crippen MR) is 295 cm³/mol. The molecule has 0 bridgehead atoms. The molecule has 3 N–H and O–H groups in total. The lowest BCUT2D eigenvalue weighted by Crippen LogP contribution is -2.45. The summed E-state index contributed by atoms with van der Waals surface area (Å²) in [5, 5.41) is 23.4. The van der Waals surface area contributed by atoms with Gasteiger partial charge in [0.05, 0.1) is 18.8 Å². The van der Waals surface area contributed by atoms with E-state index < -0.39 is 12.1 Å². The molecular formula is C62H117NO3. The molecule has 4 heteroatoms. The normalized spacial score (nSPS) is 13.1. The van der Waals surface area contributed by atoms with Crippen molar-refractivity contribution in [2.24, 2.45) is 0 Å². The number of amides is 1. The summed E-state index contributed by atoms with van der Waals surface area (Å²) in [6, 6.07) is -0.540. The highest BCUT2D eigenvalue weighted by atomic mass is 16.3. The molecule has 0 rings (SSSR count). The van der Waals surface area contributed by atoms with E-state index in [-0.39, 0.29) is 12.5 Å². The average Bonchev–Trinajstić information content (AvgIpc) is 3.32. The molecule has 0 aliphatic carbocycles. The fourth-order valence-corrected chi connectivity index (χ4v) is 9.36. The van der Waals surface area contributed by atoms with Crippen molar-refractivity contribution in [3.05, 3.63) is 48.6 Å². The molecular weight excluding hydrogens is 807 g/mol. The third-order valence-corrected chi connectivity index (χ3v) is 13.9. The SMILES string of the molecule is CC/C=C\C/C=C\C/C=C\C/C=C\CCCCCCCCCCCCCCC(=O)NC(CO)C(O)CCCCCCCCCCCCCCCCCCCCCCCCCCCCCCC. The van der Waals surface area contributed by atoms with Crippen molar-refractivity contribution in [2.75, 3.05) is 6.61 Å². The Labute approximate surface area is 414 Å². The van der Waals surface area contributed by atoms with Crippen molar-refractivity contribution >= 4 is 5.91 Å². The van der Waals surface area contributed by atoms with Crippen LogP contribution in [0.25, 0.3) is 0 Å². The highest BCUT2D eigenvalue weighted by Crippen LogP contribution is 2.18. The topological polar surface area (TPSA) is 69.6 Å². The Kier molecular flexibility index (Phi) is 56.2. The number of hydrogen-bond acceptors (Lipinski definition) is 3. The zero-order chi connectivity index (χ0) is 47.7. The van der Waals surface area contributed by atoms with Gasteiger partial charge in [0.15, 0.2) is 0 Å². The van der Waals surface area contributed by atoms with Crippen molar-refractivity contribution < 1.29 is 15.0 Å². The monoisotopic (exact) mass is 924 g/mol. The maximum Gasteiger partial charge on any atom is 0.220 e. The highest BCUT2D eigenvalue weighted by Gasteiger charge is 2.20. The van der Waals surface area contributed by atoms with Gasteiger partial charge in [0.2, 0.25) is 5.91 Å². The fraction of sp³-hybridized carbons (Fsp3) is 0.855. The number of rotatable bonds is 55. The molecule has 0 aromatic rings. The Balaban J connectivity index is 3.43. The van der Waals surface area contributed by atoms with Gasteiger partial charge in [0, 0.05) is 6.42 Å². The van der Waals surface area contributed by atoms with Gasteiger partial charge in [0.1, 0.15) is 0 Å². The first-order valence-electron chi connectivity index (χ1n) is 29.8. The third-order valence-electron chi connectivity index (χ3n) is 13.9. The van der Waals surface area contributed by atoms with Crippen LogP contribution in [-0.2, 0) is 4.79 Å². The zero-order valence-electron chi connectivity index (χ0n) is 44.7. The van der Waals surface area contributed by atoms with Crippen molar-refractivity contribution in [1.82, 2.24) is 5.32 Å². The van der Waals surface area contributed by atoms with Crippen molar-refractivity contribution in [1.29, 1.82) is 0 Å². The van der Waals surface area contributed by atoms with E-state index >= 15 is 0 Å². The Morgan fingerprint density at radius 1 is 0.379 bits per heavy atom. The van der Waals surface area contributed by atoms with Crippen LogP contribution in [0, 0.1) is 0 Å². The van der Waals surface area contributed by atoms with Crippen LogP contribution in [0.2, 0.25) is 0 Å². The summed E-state index contributed by atoms with van der Waals surface area (Å²) in [6.07, 6.45) is 79.7. The Bertz CT molecular complexity index is 1050. The number of aliphatic hydroxyl groups is 2. The highest BCUT2D eigenvalue weighted by molar-refractivity contribution is 5.76. The van der Waals surface area contributed by atoms with E-state index in [4.69, 9.17) is 0 Å². The maximum absolute atomic E-state index is 12.5. The summed E-state index contributed by atoms with van der Waals surface area (Å²) >= 11 is 0. The molecule has 0 heterocycles. The van der Waals surface area contributed by atoms with Gasteiger partial charge in [-0.3, -0.25) is 4.79 Å². The molecule has 4 nitrogen and oxygen atoms in total. The van der Waals surface area contributed by atoms with Gasteiger partial charge in [-0.1, -0.05) is 313 Å². The van der Waals surface area contributed by atoms with Gasteiger partial charge in [-0.05, 0) is 51.4 Å². The molecule has 2 atom stereocenters. The molecule has 0 saturated carbocycles. The summed E-state index contributed by atoms with van der Waals surface area (Å²) in [7, 11) is 0. The lowest BCUT2D eigenvalue weighted by Gasteiger charge is -2.22. The van der Waals surface area contributed by atoms with Crippen molar-refractivity contribution in [3.63, 3.8) is 0 Å². The minimum Gasteiger partial charge on any atom is -0.394 e. The third kappa shape index (κ3) is 53.3. The number of unbranched alkanes of at least 4 members (excludes halogenated alkanes) is 40. The first-order valence-corrected chi connectivity index (χ1v) is 29.8. The minimum atomic E-state index is -0.663. The molecule has 0 aliphatic heterocycles. The van der Waals surface area contributed by atoms with E-state index in [9.17, 15) is 15.0 Å². The lowest BCUT2D eigenvalue weighted by atomic mass is 10.0. The summed E-state index contributed by atoms with van der Waals surface area (Å²) < 4.78 is 0. The van der Waals surface area contributed by atoms with Gasteiger partial charge >= 0.3 is 0 Å². The molecule has 0 aromatic heterocycles. The first kappa shape index (κ1) is 64.3. The smallest absolute Gasteiger partial charge is 0.220 e. The number of carbonyl (C=O) groups is 1. The van der Waals surface area contributed by atoms with Crippen LogP contribution in [0.3, 0.4) is 0 Å². The second kappa shape index (κ2) is 57.7. The van der Waals surface area contributed by atoms with Crippen LogP contribution in [0.1, 0.15) is 322 Å². The second-order valence-corrected chi connectivity index (χ2v) is 20.4. The standard InChI is InChI=1S/C62H117NO3/c1-3-5-7-9-11-13-15-17-19-21-23-25-27-29-30-31-32-34-35-37-39-41-43-45-47-49-51-53-55-57-61(65)60(59-64)63-62(66)58-56-54-52-50-48-46-44-42-40-38-36-33-28-26-24-22-20-18-16-14-12-10-8-6-4-2/h6,8,12,14,18,20,24,26,60-61,64-65H,3-5,7,9-11,13,15-17,19,21-23,25,27-59H2,1-2H3,(H,63,66)/b8-6-,14-12-,20-18-,26-24-. The van der Waals surface area contributed by atoms with Crippen LogP contribution in [0.4, 0.5) is 0 Å². The summed E-state index contributed by atoms with van der Waals surface area (Å²) in [5.41, 5.74) is 0. The van der Waals surface area contributed by atoms with Crippen molar-refractivity contribution in [2.45, 2.75) is 334 Å². The number of aliphatic hydroxyl groups excluding tert-OH is 2. The van der Waals surface area contributed by atoms with Gasteiger partial charge in [-0.25, -0.2) is 0 Å². The van der Waals surface area contributed by atoms with E-state index in [1.807, 2.05) is 0 Å². The van der Waals surface area contributed by atoms with E-state index in [0.717, 1.165) is 51.4 Å². The number of hydrogen-bond donors (Lipinski definition) is 3. The summed E-state index contributed by atoms with van der Waals surface area (Å²) in [5.74, 6) is -0.0304. The van der Waals surface area contributed by atoms with E-state index in [1.54, 1.807) is 0 Å². The predicted octanol–water partition coefficient (Wildman–Crippen LogP) is 19.8. The van der Waals surface area contributed by atoms with Gasteiger partial charge < -0.3 is 15.5 Å². The van der Waals surface area contributed by atoms with Gasteiger partial charge in [-0.15, -0.1) is 0 Å². The first-order chi connectivity index (χ1) is 32.7. The summed E-state index contributed by atoms with van der Waals surface area (Å²) in [4.78, 5) is 12.5. The van der Waals surface area contributed by atoms with Crippen molar-refractivity contribution in [3.8, 4) is 0 Å². The second-order valence-electron chi connectivity index (χ2n) is 20.4. The molecule has 388 valence electrons. The molecule has 0 fully saturated rings. The van der Waals surface area contributed by atoms with Crippen LogP contribution in [0.5, 0.6) is 0 Å². The molecule has 1 amide bonds. The Hall–Kier alpha value is -1.65. The molecule has 0 aromatic carbocycles. The molecule has 0 saturated heterocycles. The average molecular weight is 925 g/mol. The lowest BCUT2D eigenvalue weighted by molar-refractivity contribution is -0.123. The molecule has 0 spiro atoms.